The highest BCUT2D eigenvalue weighted by molar-refractivity contribution is 7.10. The number of anilines is 1. The van der Waals surface area contributed by atoms with Crippen molar-refractivity contribution in [3.05, 3.63) is 57.9 Å². The van der Waals surface area contributed by atoms with Gasteiger partial charge in [0, 0.05) is 28.1 Å². The van der Waals surface area contributed by atoms with Crippen molar-refractivity contribution in [3.63, 3.8) is 0 Å². The van der Waals surface area contributed by atoms with E-state index in [2.05, 4.69) is 11.4 Å². The van der Waals surface area contributed by atoms with Crippen LogP contribution in [-0.2, 0) is 4.79 Å². The summed E-state index contributed by atoms with van der Waals surface area (Å²) in [5, 5.41) is 10.2. The largest absolute Gasteiger partial charge is 0.497 e. The molecule has 0 amide bonds. The van der Waals surface area contributed by atoms with E-state index >= 15 is 0 Å². The molecule has 0 bridgehead atoms. The smallest absolute Gasteiger partial charge is 0.226 e. The molecule has 6 nitrogen and oxygen atoms in total. The van der Waals surface area contributed by atoms with Crippen molar-refractivity contribution in [3.8, 4) is 17.1 Å². The van der Waals surface area contributed by atoms with E-state index in [9.17, 15) is 4.79 Å². The van der Waals surface area contributed by atoms with Crippen molar-refractivity contribution in [1.82, 2.24) is 14.8 Å². The van der Waals surface area contributed by atoms with Gasteiger partial charge in [-0.1, -0.05) is 6.07 Å². The van der Waals surface area contributed by atoms with Gasteiger partial charge in [0.2, 0.25) is 5.95 Å². The third kappa shape index (κ3) is 2.66. The molecule has 0 saturated carbocycles. The van der Waals surface area contributed by atoms with Crippen LogP contribution < -0.4 is 10.1 Å². The van der Waals surface area contributed by atoms with Crippen LogP contribution in [-0.4, -0.2) is 27.7 Å². The van der Waals surface area contributed by atoms with Gasteiger partial charge < -0.3 is 10.1 Å². The first kappa shape index (κ1) is 16.3. The molecule has 0 spiro atoms. The Balaban J connectivity index is 1.62. The molecule has 0 radical (unpaired) electrons. The Kier molecular flexibility index (Phi) is 3.82. The van der Waals surface area contributed by atoms with E-state index in [4.69, 9.17) is 14.8 Å². The van der Waals surface area contributed by atoms with E-state index in [1.807, 2.05) is 40.4 Å². The molecule has 0 fully saturated rings. The molecule has 2 aromatic heterocycles. The summed E-state index contributed by atoms with van der Waals surface area (Å²) >= 11 is 1.64. The van der Waals surface area contributed by atoms with Crippen molar-refractivity contribution >= 4 is 23.1 Å². The van der Waals surface area contributed by atoms with Crippen LogP contribution in [0.2, 0.25) is 0 Å². The number of fused-ring (bicyclic) bond motifs is 1. The third-order valence-corrected chi connectivity index (χ3v) is 5.95. The first-order valence-electron chi connectivity index (χ1n) is 8.92. The van der Waals surface area contributed by atoms with E-state index in [1.165, 1.54) is 0 Å². The third-order valence-electron chi connectivity index (χ3n) is 5.03. The number of ketones is 1. The average molecular weight is 378 g/mol. The van der Waals surface area contributed by atoms with E-state index in [0.29, 0.717) is 18.2 Å². The van der Waals surface area contributed by atoms with Crippen molar-refractivity contribution in [2.24, 2.45) is 0 Å². The molecule has 0 saturated heterocycles. The highest BCUT2D eigenvalue weighted by Gasteiger charge is 2.37. The molecule has 3 heterocycles. The van der Waals surface area contributed by atoms with Crippen molar-refractivity contribution < 1.29 is 9.53 Å². The summed E-state index contributed by atoms with van der Waals surface area (Å²) in [6.45, 7) is 0. The summed E-state index contributed by atoms with van der Waals surface area (Å²) < 4.78 is 7.08. The minimum absolute atomic E-state index is 0.203. The molecule has 7 heteroatoms. The molecule has 1 aromatic carbocycles. The predicted octanol–water partition coefficient (Wildman–Crippen LogP) is 4.04. The number of benzene rings is 1. The number of methoxy groups -OCH3 is 1. The van der Waals surface area contributed by atoms with Crippen LogP contribution in [0.4, 0.5) is 5.95 Å². The molecule has 1 unspecified atom stereocenters. The van der Waals surface area contributed by atoms with Crippen LogP contribution in [0.3, 0.4) is 0 Å². The van der Waals surface area contributed by atoms with Gasteiger partial charge in [-0.15, -0.1) is 16.4 Å². The number of rotatable bonds is 3. The highest BCUT2D eigenvalue weighted by atomic mass is 32.1. The monoisotopic (exact) mass is 378 g/mol. The molecule has 136 valence electrons. The topological polar surface area (TPSA) is 69.0 Å². The number of hydrogen-bond donors (Lipinski definition) is 1. The molecule has 1 aliphatic carbocycles. The van der Waals surface area contributed by atoms with Crippen molar-refractivity contribution in [1.29, 1.82) is 0 Å². The fraction of sp³-hybridized carbons (Fsp3) is 0.250. The molecule has 5 rings (SSSR count). The van der Waals surface area contributed by atoms with Gasteiger partial charge in [-0.05, 0) is 48.6 Å². The van der Waals surface area contributed by atoms with Crippen molar-refractivity contribution in [2.45, 2.75) is 25.3 Å². The second-order valence-electron chi connectivity index (χ2n) is 6.64. The van der Waals surface area contributed by atoms with Gasteiger partial charge in [0.15, 0.2) is 11.6 Å². The van der Waals surface area contributed by atoms with Gasteiger partial charge in [0.05, 0.1) is 7.11 Å². The number of carbonyl (C=O) groups is 1. The van der Waals surface area contributed by atoms with Gasteiger partial charge in [-0.2, -0.15) is 4.98 Å². The predicted molar refractivity (Wildman–Crippen MR) is 104 cm³/mol. The number of nitrogens with zero attached hydrogens (tertiary/aromatic N) is 3. The Morgan fingerprint density at radius 3 is 2.81 bits per heavy atom. The summed E-state index contributed by atoms with van der Waals surface area (Å²) in [6, 6.07) is 11.5. The van der Waals surface area contributed by atoms with Crippen molar-refractivity contribution in [2.75, 3.05) is 12.4 Å². The first-order valence-corrected chi connectivity index (χ1v) is 9.80. The first-order chi connectivity index (χ1) is 13.2. The van der Waals surface area contributed by atoms with Gasteiger partial charge >= 0.3 is 0 Å². The number of thiophene rings is 1. The van der Waals surface area contributed by atoms with E-state index in [-0.39, 0.29) is 11.8 Å². The molecule has 1 aliphatic heterocycles. The van der Waals surface area contributed by atoms with E-state index < -0.39 is 0 Å². The highest BCUT2D eigenvalue weighted by Crippen LogP contribution is 2.41. The molecule has 3 aromatic rings. The second-order valence-corrected chi connectivity index (χ2v) is 7.62. The van der Waals surface area contributed by atoms with Crippen LogP contribution >= 0.6 is 11.3 Å². The number of allylic oxidation sites excluding steroid dienone is 2. The normalized spacial score (nSPS) is 18.7. The van der Waals surface area contributed by atoms with E-state index in [1.54, 1.807) is 18.4 Å². The lowest BCUT2D eigenvalue weighted by Crippen LogP contribution is -2.31. The summed E-state index contributed by atoms with van der Waals surface area (Å²) in [6.07, 6.45) is 2.34. The lowest BCUT2D eigenvalue weighted by atomic mass is 9.88. The molecular weight excluding hydrogens is 360 g/mol. The quantitative estimate of drug-likeness (QED) is 0.745. The number of carbonyl (C=O) groups excluding carboxylic acids is 1. The number of nitrogens with one attached hydrogen (secondary N) is 1. The summed E-state index contributed by atoms with van der Waals surface area (Å²) in [5.74, 6) is 2.32. The van der Waals surface area contributed by atoms with Crippen LogP contribution in [0.1, 0.15) is 30.2 Å². The zero-order chi connectivity index (χ0) is 18.4. The summed E-state index contributed by atoms with van der Waals surface area (Å²) in [7, 11) is 1.64. The Bertz CT molecular complexity index is 1030. The molecule has 1 N–H and O–H groups in total. The lowest BCUT2D eigenvalue weighted by molar-refractivity contribution is -0.116. The summed E-state index contributed by atoms with van der Waals surface area (Å²) in [5.41, 5.74) is 2.74. The van der Waals surface area contributed by atoms with Gasteiger partial charge in [-0.3, -0.25) is 4.79 Å². The standard InChI is InChI=1S/C20H18N4O2S/c1-26-13-9-7-12(8-10-13)19-22-20-21-14-4-2-5-15(25)17(14)18(24(20)23-19)16-6-3-11-27-16/h3,6-11,18H,2,4-5H2,1H3,(H,21,22,23). The Morgan fingerprint density at radius 1 is 1.22 bits per heavy atom. The van der Waals surface area contributed by atoms with Gasteiger partial charge in [0.25, 0.3) is 0 Å². The minimum Gasteiger partial charge on any atom is -0.497 e. The Hall–Kier alpha value is -2.93. The number of Topliss-reactive ketones (excluding diaryl/α,β-unsaturated/α-hetero) is 1. The molecule has 2 aliphatic rings. The van der Waals surface area contributed by atoms with Crippen LogP contribution in [0, 0.1) is 0 Å². The average Bonchev–Trinajstić information content (AvgIpc) is 3.36. The zero-order valence-electron chi connectivity index (χ0n) is 14.8. The lowest BCUT2D eigenvalue weighted by Gasteiger charge is -2.31. The molecular formula is C20H18N4O2S. The fourth-order valence-electron chi connectivity index (χ4n) is 3.73. The maximum absolute atomic E-state index is 12.7. The van der Waals surface area contributed by atoms with E-state index in [0.717, 1.165) is 40.3 Å². The van der Waals surface area contributed by atoms with Gasteiger partial charge in [0.1, 0.15) is 11.8 Å². The Morgan fingerprint density at radius 2 is 2.07 bits per heavy atom. The second kappa shape index (κ2) is 6.35. The number of aromatic nitrogens is 3. The SMILES string of the molecule is COc1ccc(-c2nc3n(n2)C(c2cccs2)C2=C(CCCC2=O)N3)cc1. The number of ether oxygens (including phenoxy) is 1. The minimum atomic E-state index is -0.205. The Labute approximate surface area is 160 Å². The maximum atomic E-state index is 12.7. The summed E-state index contributed by atoms with van der Waals surface area (Å²) in [4.78, 5) is 18.5. The van der Waals surface area contributed by atoms with Crippen LogP contribution in [0.25, 0.3) is 11.4 Å². The van der Waals surface area contributed by atoms with Crippen LogP contribution in [0.5, 0.6) is 5.75 Å². The maximum Gasteiger partial charge on any atom is 0.226 e. The molecule has 27 heavy (non-hydrogen) atoms. The number of hydrogen-bond acceptors (Lipinski definition) is 6. The van der Waals surface area contributed by atoms with Gasteiger partial charge in [-0.25, -0.2) is 4.68 Å². The molecule has 1 atom stereocenters. The zero-order valence-corrected chi connectivity index (χ0v) is 15.6. The fourth-order valence-corrected chi connectivity index (χ4v) is 4.55. The van der Waals surface area contributed by atoms with Crippen LogP contribution in [0.15, 0.2) is 53.0 Å².